The Bertz CT molecular complexity index is 544. The lowest BCUT2D eigenvalue weighted by Gasteiger charge is -2.09. The van der Waals surface area contributed by atoms with E-state index in [-0.39, 0.29) is 5.82 Å². The molecule has 3 N–H and O–H groups in total. The number of anilines is 2. The van der Waals surface area contributed by atoms with Crippen molar-refractivity contribution in [3.05, 3.63) is 42.3 Å². The number of hydrogen-bond acceptors (Lipinski definition) is 3. The Labute approximate surface area is 125 Å². The van der Waals surface area contributed by atoms with Crippen LogP contribution >= 0.6 is 49.9 Å². The Kier molecular flexibility index (Phi) is 4.26. The first kappa shape index (κ1) is 13.1. The topological polar surface area (TPSA) is 38.0 Å². The number of benzene rings is 1. The van der Waals surface area contributed by atoms with Gasteiger partial charge >= 0.3 is 0 Å². The second-order valence-electron chi connectivity index (χ2n) is 3.40. The molecule has 1 aromatic heterocycles. The van der Waals surface area contributed by atoms with Crippen LogP contribution in [0, 0.1) is 9.39 Å². The molecule has 0 bridgehead atoms. The molecule has 0 aliphatic heterocycles. The lowest BCUT2D eigenvalue weighted by Crippen LogP contribution is -2.03. The third kappa shape index (κ3) is 3.11. The SMILES string of the molecule is Nc1cc(I)c(F)cc1NCc1sccc1Br. The van der Waals surface area contributed by atoms with Crippen LogP contribution in [-0.2, 0) is 6.54 Å². The molecule has 0 fully saturated rings. The van der Waals surface area contributed by atoms with Gasteiger partial charge in [0.15, 0.2) is 0 Å². The zero-order chi connectivity index (χ0) is 12.4. The third-order valence-corrected chi connectivity index (χ3v) is 4.98. The van der Waals surface area contributed by atoms with Gasteiger partial charge in [0.2, 0.25) is 0 Å². The van der Waals surface area contributed by atoms with E-state index in [9.17, 15) is 4.39 Å². The highest BCUT2D eigenvalue weighted by atomic mass is 127. The summed E-state index contributed by atoms with van der Waals surface area (Å²) in [6.45, 7) is 0.627. The zero-order valence-electron chi connectivity index (χ0n) is 8.64. The summed E-state index contributed by atoms with van der Waals surface area (Å²) in [5, 5.41) is 5.14. The highest BCUT2D eigenvalue weighted by molar-refractivity contribution is 14.1. The molecular formula is C11H9BrFIN2S. The van der Waals surface area contributed by atoms with E-state index in [1.54, 1.807) is 17.4 Å². The smallest absolute Gasteiger partial charge is 0.138 e. The van der Waals surface area contributed by atoms with Gasteiger partial charge in [-0.25, -0.2) is 4.39 Å². The third-order valence-electron chi connectivity index (χ3n) is 2.22. The van der Waals surface area contributed by atoms with Crippen LogP contribution in [0.3, 0.4) is 0 Å². The predicted molar refractivity (Wildman–Crippen MR) is 82.9 cm³/mol. The fourth-order valence-corrected chi connectivity index (χ4v) is 3.27. The van der Waals surface area contributed by atoms with Crippen LogP contribution in [0.2, 0.25) is 0 Å². The summed E-state index contributed by atoms with van der Waals surface area (Å²) in [6, 6.07) is 5.04. The van der Waals surface area contributed by atoms with E-state index in [1.807, 2.05) is 34.0 Å². The average molecular weight is 427 g/mol. The summed E-state index contributed by atoms with van der Waals surface area (Å²) in [7, 11) is 0. The molecule has 0 radical (unpaired) electrons. The highest BCUT2D eigenvalue weighted by Crippen LogP contribution is 2.27. The Hall–Kier alpha value is -0.340. The molecule has 90 valence electrons. The first-order valence-corrected chi connectivity index (χ1v) is 7.53. The normalized spacial score (nSPS) is 10.5. The summed E-state index contributed by atoms with van der Waals surface area (Å²) in [5.74, 6) is -0.257. The van der Waals surface area contributed by atoms with Crippen LogP contribution in [0.25, 0.3) is 0 Å². The van der Waals surface area contributed by atoms with Gasteiger partial charge in [-0.05, 0) is 56.0 Å². The molecule has 2 aromatic rings. The quantitative estimate of drug-likeness (QED) is 0.562. The number of nitrogen functional groups attached to an aromatic ring is 1. The zero-order valence-corrected chi connectivity index (χ0v) is 13.2. The van der Waals surface area contributed by atoms with Gasteiger partial charge in [-0.3, -0.25) is 0 Å². The Morgan fingerprint density at radius 2 is 2.24 bits per heavy atom. The minimum Gasteiger partial charge on any atom is -0.397 e. The summed E-state index contributed by atoms with van der Waals surface area (Å²) < 4.78 is 15.0. The fourth-order valence-electron chi connectivity index (χ4n) is 1.34. The van der Waals surface area contributed by atoms with Crippen molar-refractivity contribution in [3.8, 4) is 0 Å². The van der Waals surface area contributed by atoms with E-state index < -0.39 is 0 Å². The standard InChI is InChI=1S/C11H9BrFIN2S/c12-6-1-2-17-11(6)5-16-10-3-7(13)8(14)4-9(10)15/h1-4,16H,5,15H2. The Balaban J connectivity index is 2.14. The number of halogens is 3. The molecule has 0 atom stereocenters. The number of hydrogen-bond donors (Lipinski definition) is 2. The Morgan fingerprint density at radius 1 is 1.47 bits per heavy atom. The maximum atomic E-state index is 13.4. The maximum absolute atomic E-state index is 13.4. The summed E-state index contributed by atoms with van der Waals surface area (Å²) in [6.07, 6.45) is 0. The molecule has 0 unspecified atom stereocenters. The van der Waals surface area contributed by atoms with E-state index in [2.05, 4.69) is 21.2 Å². The van der Waals surface area contributed by atoms with Gasteiger partial charge in [-0.1, -0.05) is 0 Å². The molecular weight excluding hydrogens is 418 g/mol. The van der Waals surface area contributed by atoms with E-state index in [1.165, 1.54) is 6.07 Å². The average Bonchev–Trinajstić information content (AvgIpc) is 2.68. The van der Waals surface area contributed by atoms with E-state index in [4.69, 9.17) is 5.73 Å². The van der Waals surface area contributed by atoms with Gasteiger partial charge in [0, 0.05) is 15.4 Å². The molecule has 1 heterocycles. The fraction of sp³-hybridized carbons (Fsp3) is 0.0909. The lowest BCUT2D eigenvalue weighted by atomic mass is 10.2. The summed E-state index contributed by atoms with van der Waals surface area (Å²) in [4.78, 5) is 1.16. The molecule has 2 nitrogen and oxygen atoms in total. The first-order chi connectivity index (χ1) is 8.08. The van der Waals surface area contributed by atoms with Crippen molar-refractivity contribution in [1.82, 2.24) is 0 Å². The van der Waals surface area contributed by atoms with Crippen LogP contribution in [0.15, 0.2) is 28.1 Å². The lowest BCUT2D eigenvalue weighted by molar-refractivity contribution is 0.621. The van der Waals surface area contributed by atoms with Crippen LogP contribution in [0.4, 0.5) is 15.8 Å². The number of rotatable bonds is 3. The first-order valence-electron chi connectivity index (χ1n) is 4.78. The molecule has 6 heteroatoms. The van der Waals surface area contributed by atoms with Gasteiger partial charge in [-0.2, -0.15) is 0 Å². The van der Waals surface area contributed by atoms with Crippen molar-refractivity contribution in [1.29, 1.82) is 0 Å². The molecule has 0 saturated carbocycles. The monoisotopic (exact) mass is 426 g/mol. The van der Waals surface area contributed by atoms with Crippen molar-refractivity contribution in [2.24, 2.45) is 0 Å². The predicted octanol–water partition coefficient (Wildman–Crippen LogP) is 4.45. The van der Waals surface area contributed by atoms with Crippen molar-refractivity contribution >= 4 is 61.2 Å². The number of thiophene rings is 1. The number of nitrogens with two attached hydrogens (primary N) is 1. The summed E-state index contributed by atoms with van der Waals surface area (Å²) >= 11 is 7.01. The van der Waals surface area contributed by atoms with Gasteiger partial charge in [0.25, 0.3) is 0 Å². The van der Waals surface area contributed by atoms with Crippen molar-refractivity contribution in [3.63, 3.8) is 0 Å². The molecule has 17 heavy (non-hydrogen) atoms. The van der Waals surface area contributed by atoms with Crippen LogP contribution < -0.4 is 11.1 Å². The molecule has 0 spiro atoms. The van der Waals surface area contributed by atoms with Gasteiger partial charge in [-0.15, -0.1) is 11.3 Å². The maximum Gasteiger partial charge on any atom is 0.138 e. The van der Waals surface area contributed by atoms with Crippen LogP contribution in [0.5, 0.6) is 0 Å². The van der Waals surface area contributed by atoms with Crippen LogP contribution in [-0.4, -0.2) is 0 Å². The molecule has 1 aromatic carbocycles. The highest BCUT2D eigenvalue weighted by Gasteiger charge is 2.07. The molecule has 2 rings (SSSR count). The largest absolute Gasteiger partial charge is 0.397 e. The van der Waals surface area contributed by atoms with Crippen LogP contribution in [0.1, 0.15) is 4.88 Å². The van der Waals surface area contributed by atoms with E-state index in [0.717, 1.165) is 9.35 Å². The van der Waals surface area contributed by atoms with Gasteiger partial charge < -0.3 is 11.1 Å². The Morgan fingerprint density at radius 3 is 2.88 bits per heavy atom. The minimum atomic E-state index is -0.257. The van der Waals surface area contributed by atoms with Gasteiger partial charge in [0.1, 0.15) is 5.82 Å². The minimum absolute atomic E-state index is 0.257. The van der Waals surface area contributed by atoms with Gasteiger partial charge in [0.05, 0.1) is 21.5 Å². The second kappa shape index (κ2) is 5.53. The second-order valence-corrected chi connectivity index (χ2v) is 6.42. The van der Waals surface area contributed by atoms with Crippen molar-refractivity contribution in [2.45, 2.75) is 6.54 Å². The molecule has 0 aliphatic carbocycles. The molecule has 0 saturated heterocycles. The molecule has 0 amide bonds. The molecule has 0 aliphatic rings. The van der Waals surface area contributed by atoms with E-state index in [0.29, 0.717) is 21.5 Å². The van der Waals surface area contributed by atoms with Crippen molar-refractivity contribution < 1.29 is 4.39 Å². The van der Waals surface area contributed by atoms with E-state index >= 15 is 0 Å². The summed E-state index contributed by atoms with van der Waals surface area (Å²) in [5.41, 5.74) is 7.01. The number of nitrogens with one attached hydrogen (secondary N) is 1. The van der Waals surface area contributed by atoms with Crippen molar-refractivity contribution in [2.75, 3.05) is 11.1 Å².